The van der Waals surface area contributed by atoms with Gasteiger partial charge in [0.15, 0.2) is 0 Å². The predicted molar refractivity (Wildman–Crippen MR) is 105 cm³/mol. The monoisotopic (exact) mass is 435 g/mol. The molecule has 10 heteroatoms. The van der Waals surface area contributed by atoms with E-state index in [-0.39, 0.29) is 30.5 Å². The van der Waals surface area contributed by atoms with Crippen LogP contribution in [-0.2, 0) is 11.2 Å². The van der Waals surface area contributed by atoms with Crippen LogP contribution in [0.3, 0.4) is 0 Å². The van der Waals surface area contributed by atoms with Crippen molar-refractivity contribution in [2.75, 3.05) is 6.61 Å². The van der Waals surface area contributed by atoms with Crippen molar-refractivity contribution in [3.05, 3.63) is 66.9 Å². The first-order chi connectivity index (χ1) is 14.8. The fourth-order valence-corrected chi connectivity index (χ4v) is 2.83. The van der Waals surface area contributed by atoms with Crippen molar-refractivity contribution >= 4 is 5.91 Å². The zero-order chi connectivity index (χ0) is 22.4. The second kappa shape index (κ2) is 9.61. The van der Waals surface area contributed by atoms with Crippen LogP contribution < -0.4 is 10.1 Å². The third-order valence-electron chi connectivity index (χ3n) is 4.42. The number of aliphatic hydroxyl groups is 1. The molecular weight excluding hydrogens is 415 g/mol. The number of allylic oxidation sites excluding steroid dienone is 3. The van der Waals surface area contributed by atoms with Gasteiger partial charge in [-0.1, -0.05) is 17.8 Å². The number of carbonyl (C=O) groups excluding carboxylic acids is 1. The Morgan fingerprint density at radius 2 is 2.16 bits per heavy atom. The van der Waals surface area contributed by atoms with Gasteiger partial charge in [0, 0.05) is 18.1 Å². The SMILES string of the molecule is C=CC(F)(F)Oc1ccc(-c2noc(CC(CO)NC(=O)C3C=C(F)C=CC3)n2)cc1. The van der Waals surface area contributed by atoms with Gasteiger partial charge in [-0.15, -0.1) is 0 Å². The maximum atomic E-state index is 13.3. The van der Waals surface area contributed by atoms with Gasteiger partial charge < -0.3 is 19.7 Å². The summed E-state index contributed by atoms with van der Waals surface area (Å²) in [6, 6.07) is 4.90. The molecule has 1 aromatic carbocycles. The Labute approximate surface area is 175 Å². The zero-order valence-electron chi connectivity index (χ0n) is 16.3. The largest absolute Gasteiger partial charge is 0.429 e. The van der Waals surface area contributed by atoms with Gasteiger partial charge in [-0.3, -0.25) is 4.79 Å². The summed E-state index contributed by atoms with van der Waals surface area (Å²) in [4.78, 5) is 16.5. The number of alkyl halides is 2. The van der Waals surface area contributed by atoms with Gasteiger partial charge in [-0.05, 0) is 42.8 Å². The van der Waals surface area contributed by atoms with Crippen molar-refractivity contribution in [3.8, 4) is 17.1 Å². The standard InChI is InChI=1S/C21H20F3N3O4/c1-2-21(23,24)30-17-8-6-13(7-9-17)19-26-18(31-27-19)11-16(12-28)25-20(29)14-4-3-5-15(22)10-14/h2-3,5-10,14,16,28H,1,4,11-12H2,(H,25,29). The summed E-state index contributed by atoms with van der Waals surface area (Å²) >= 11 is 0. The highest BCUT2D eigenvalue weighted by Crippen LogP contribution is 2.25. The number of nitrogens with one attached hydrogen (secondary N) is 1. The lowest BCUT2D eigenvalue weighted by atomic mass is 9.99. The van der Waals surface area contributed by atoms with Gasteiger partial charge in [0.1, 0.15) is 11.6 Å². The van der Waals surface area contributed by atoms with Crippen molar-refractivity contribution in [1.29, 1.82) is 0 Å². The number of hydrogen-bond acceptors (Lipinski definition) is 6. The molecule has 1 aromatic heterocycles. The number of carbonyl (C=O) groups is 1. The molecule has 0 aliphatic heterocycles. The second-order valence-corrected chi connectivity index (χ2v) is 6.79. The molecule has 31 heavy (non-hydrogen) atoms. The summed E-state index contributed by atoms with van der Waals surface area (Å²) in [6.45, 7) is 2.61. The molecule has 0 saturated carbocycles. The Morgan fingerprint density at radius 3 is 2.81 bits per heavy atom. The second-order valence-electron chi connectivity index (χ2n) is 6.79. The molecule has 0 fully saturated rings. The van der Waals surface area contributed by atoms with Gasteiger partial charge in [-0.25, -0.2) is 4.39 Å². The average Bonchev–Trinajstić information content (AvgIpc) is 3.22. The molecule has 2 N–H and O–H groups in total. The van der Waals surface area contributed by atoms with Crippen molar-refractivity contribution in [3.63, 3.8) is 0 Å². The van der Waals surface area contributed by atoms with Crippen molar-refractivity contribution in [2.45, 2.75) is 25.0 Å². The Bertz CT molecular complexity index is 986. The number of nitrogens with zero attached hydrogens (tertiary/aromatic N) is 2. The third kappa shape index (κ3) is 6.05. The van der Waals surface area contributed by atoms with E-state index >= 15 is 0 Å². The van der Waals surface area contributed by atoms with Gasteiger partial charge in [0.25, 0.3) is 0 Å². The van der Waals surface area contributed by atoms with Gasteiger partial charge in [0.2, 0.25) is 17.6 Å². The van der Waals surface area contributed by atoms with Crippen molar-refractivity contribution in [2.24, 2.45) is 5.92 Å². The van der Waals surface area contributed by atoms with E-state index in [1.807, 2.05) is 0 Å². The summed E-state index contributed by atoms with van der Waals surface area (Å²) < 4.78 is 49.3. The minimum Gasteiger partial charge on any atom is -0.429 e. The van der Waals surface area contributed by atoms with Crippen molar-refractivity contribution < 1.29 is 32.3 Å². The average molecular weight is 435 g/mol. The minimum absolute atomic E-state index is 0.0523. The Balaban J connectivity index is 1.61. The van der Waals surface area contributed by atoms with Crippen LogP contribution >= 0.6 is 0 Å². The maximum absolute atomic E-state index is 13.3. The molecular formula is C21H20F3N3O4. The van der Waals surface area contributed by atoms with Crippen LogP contribution in [-0.4, -0.2) is 39.9 Å². The van der Waals surface area contributed by atoms with Crippen LogP contribution in [0.5, 0.6) is 5.75 Å². The minimum atomic E-state index is -3.49. The molecule has 0 spiro atoms. The highest BCUT2D eigenvalue weighted by molar-refractivity contribution is 5.81. The molecule has 2 aromatic rings. The third-order valence-corrected chi connectivity index (χ3v) is 4.42. The number of benzene rings is 1. The lowest BCUT2D eigenvalue weighted by molar-refractivity contribution is -0.131. The molecule has 2 atom stereocenters. The normalized spacial score (nSPS) is 17.0. The van der Waals surface area contributed by atoms with Gasteiger partial charge >= 0.3 is 6.11 Å². The number of rotatable bonds is 9. The van der Waals surface area contributed by atoms with E-state index in [9.17, 15) is 23.1 Å². The quantitative estimate of drug-likeness (QED) is 0.587. The van der Waals surface area contributed by atoms with E-state index in [4.69, 9.17) is 4.52 Å². The summed E-state index contributed by atoms with van der Waals surface area (Å²) in [6.07, 6.45) is 1.38. The molecule has 1 amide bonds. The summed E-state index contributed by atoms with van der Waals surface area (Å²) in [5.74, 6) is -1.29. The maximum Gasteiger partial charge on any atom is 0.419 e. The molecule has 164 valence electrons. The first-order valence-electron chi connectivity index (χ1n) is 9.38. The first-order valence-corrected chi connectivity index (χ1v) is 9.38. The van der Waals surface area contributed by atoms with Crippen LogP contribution in [0.2, 0.25) is 0 Å². The fraction of sp³-hybridized carbons (Fsp3) is 0.286. The van der Waals surface area contributed by atoms with E-state index < -0.39 is 29.8 Å². The summed E-state index contributed by atoms with van der Waals surface area (Å²) in [5.41, 5.74) is 0.489. The number of ether oxygens (including phenoxy) is 1. The van der Waals surface area contributed by atoms with Crippen LogP contribution in [0.4, 0.5) is 13.2 Å². The Morgan fingerprint density at radius 1 is 1.42 bits per heavy atom. The van der Waals surface area contributed by atoms with Gasteiger partial charge in [-0.2, -0.15) is 13.8 Å². The molecule has 0 bridgehead atoms. The topological polar surface area (TPSA) is 97.5 Å². The van der Waals surface area contributed by atoms with E-state index in [1.54, 1.807) is 6.08 Å². The smallest absolute Gasteiger partial charge is 0.419 e. The molecule has 0 radical (unpaired) electrons. The van der Waals surface area contributed by atoms with Crippen LogP contribution in [0.1, 0.15) is 12.3 Å². The summed E-state index contributed by atoms with van der Waals surface area (Å²) in [5, 5.41) is 16.0. The fourth-order valence-electron chi connectivity index (χ4n) is 2.83. The highest BCUT2D eigenvalue weighted by atomic mass is 19.3. The molecule has 2 unspecified atom stereocenters. The lowest BCUT2D eigenvalue weighted by Crippen LogP contribution is -2.42. The molecule has 0 saturated heterocycles. The number of hydrogen-bond donors (Lipinski definition) is 2. The van der Waals surface area contributed by atoms with E-state index in [0.29, 0.717) is 18.1 Å². The van der Waals surface area contributed by atoms with E-state index in [0.717, 1.165) is 0 Å². The highest BCUT2D eigenvalue weighted by Gasteiger charge is 2.26. The van der Waals surface area contributed by atoms with Crippen molar-refractivity contribution in [1.82, 2.24) is 15.5 Å². The van der Waals surface area contributed by atoms with Gasteiger partial charge in [0.05, 0.1) is 18.6 Å². The molecule has 1 aliphatic carbocycles. The Hall–Kier alpha value is -3.40. The molecule has 1 heterocycles. The number of amides is 1. The lowest BCUT2D eigenvalue weighted by Gasteiger charge is -2.19. The molecule has 1 aliphatic rings. The van der Waals surface area contributed by atoms with E-state index in [2.05, 4.69) is 26.8 Å². The molecule has 7 nitrogen and oxygen atoms in total. The Kier molecular flexibility index (Phi) is 6.91. The summed E-state index contributed by atoms with van der Waals surface area (Å²) in [7, 11) is 0. The number of aliphatic hydroxyl groups excluding tert-OH is 1. The first kappa shape index (κ1) is 22.3. The van der Waals surface area contributed by atoms with E-state index in [1.165, 1.54) is 36.4 Å². The zero-order valence-corrected chi connectivity index (χ0v) is 16.3. The van der Waals surface area contributed by atoms with Crippen LogP contribution in [0.15, 0.2) is 65.5 Å². The number of aromatic nitrogens is 2. The molecule has 3 rings (SSSR count). The van der Waals surface area contributed by atoms with Crippen LogP contribution in [0, 0.1) is 5.92 Å². The van der Waals surface area contributed by atoms with Crippen LogP contribution in [0.25, 0.3) is 11.4 Å². The predicted octanol–water partition coefficient (Wildman–Crippen LogP) is 3.34. The number of halogens is 3.